The Labute approximate surface area is 96.3 Å². The van der Waals surface area contributed by atoms with E-state index in [1.54, 1.807) is 0 Å². The second kappa shape index (κ2) is 3.41. The van der Waals surface area contributed by atoms with Gasteiger partial charge in [-0.1, -0.05) is 39.0 Å². The summed E-state index contributed by atoms with van der Waals surface area (Å²) in [7, 11) is 0. The van der Waals surface area contributed by atoms with Gasteiger partial charge in [0.2, 0.25) is 0 Å². The minimum absolute atomic E-state index is 0.104. The van der Waals surface area contributed by atoms with Crippen molar-refractivity contribution in [3.63, 3.8) is 0 Å². The van der Waals surface area contributed by atoms with Gasteiger partial charge in [0, 0.05) is 16.8 Å². The van der Waals surface area contributed by atoms with Crippen molar-refractivity contribution in [2.75, 3.05) is 11.5 Å². The maximum Gasteiger partial charge on any atom is 0.0417 e. The van der Waals surface area contributed by atoms with E-state index in [2.05, 4.69) is 32.9 Å². The number of rotatable bonds is 0. The van der Waals surface area contributed by atoms with E-state index in [1.165, 1.54) is 5.56 Å². The molecule has 0 saturated heterocycles. The summed E-state index contributed by atoms with van der Waals surface area (Å²) in [6.07, 6.45) is 0. The molecule has 2 aromatic carbocycles. The van der Waals surface area contributed by atoms with E-state index in [1.807, 2.05) is 18.2 Å². The van der Waals surface area contributed by atoms with Crippen molar-refractivity contribution < 1.29 is 0 Å². The van der Waals surface area contributed by atoms with Crippen LogP contribution in [-0.4, -0.2) is 0 Å². The van der Waals surface area contributed by atoms with Crippen molar-refractivity contribution in [3.05, 3.63) is 35.9 Å². The van der Waals surface area contributed by atoms with E-state index in [4.69, 9.17) is 11.5 Å². The highest BCUT2D eigenvalue weighted by molar-refractivity contribution is 6.02. The number of nitrogens with two attached hydrogens (primary N) is 2. The van der Waals surface area contributed by atoms with Crippen LogP contribution in [0.3, 0.4) is 0 Å². The summed E-state index contributed by atoms with van der Waals surface area (Å²) < 4.78 is 0. The lowest BCUT2D eigenvalue weighted by Crippen LogP contribution is -2.11. The number of anilines is 2. The number of hydrogen-bond acceptors (Lipinski definition) is 2. The van der Waals surface area contributed by atoms with Crippen molar-refractivity contribution in [1.29, 1.82) is 0 Å². The molecule has 0 aromatic heterocycles. The van der Waals surface area contributed by atoms with Crippen molar-refractivity contribution in [2.45, 2.75) is 26.2 Å². The van der Waals surface area contributed by atoms with Gasteiger partial charge in [0.25, 0.3) is 0 Å². The monoisotopic (exact) mass is 214 g/mol. The maximum absolute atomic E-state index is 6.07. The summed E-state index contributed by atoms with van der Waals surface area (Å²) in [5, 5.41) is 2.08. The zero-order valence-electron chi connectivity index (χ0n) is 10.0. The molecule has 2 nitrogen and oxygen atoms in total. The summed E-state index contributed by atoms with van der Waals surface area (Å²) in [5.41, 5.74) is 14.9. The van der Waals surface area contributed by atoms with Crippen LogP contribution in [0.1, 0.15) is 26.3 Å². The van der Waals surface area contributed by atoms with Crippen LogP contribution in [-0.2, 0) is 5.41 Å². The quantitative estimate of drug-likeness (QED) is 0.661. The molecule has 0 atom stereocenters. The van der Waals surface area contributed by atoms with E-state index in [0.29, 0.717) is 0 Å². The Hall–Kier alpha value is -1.70. The van der Waals surface area contributed by atoms with Gasteiger partial charge in [-0.3, -0.25) is 0 Å². The van der Waals surface area contributed by atoms with Gasteiger partial charge in [-0.15, -0.1) is 0 Å². The molecule has 0 saturated carbocycles. The molecule has 0 aliphatic carbocycles. The molecule has 16 heavy (non-hydrogen) atoms. The first-order valence-electron chi connectivity index (χ1n) is 5.48. The molecular weight excluding hydrogens is 196 g/mol. The predicted molar refractivity (Wildman–Crippen MR) is 71.5 cm³/mol. The molecule has 84 valence electrons. The van der Waals surface area contributed by atoms with Crippen molar-refractivity contribution >= 4 is 22.1 Å². The minimum atomic E-state index is 0.104. The number of hydrogen-bond donors (Lipinski definition) is 2. The number of fused-ring (bicyclic) bond motifs is 1. The summed E-state index contributed by atoms with van der Waals surface area (Å²) in [5.74, 6) is 0. The van der Waals surface area contributed by atoms with Gasteiger partial charge in [-0.05, 0) is 28.5 Å². The highest BCUT2D eigenvalue weighted by atomic mass is 14.6. The van der Waals surface area contributed by atoms with E-state index >= 15 is 0 Å². The van der Waals surface area contributed by atoms with E-state index in [-0.39, 0.29) is 5.41 Å². The van der Waals surface area contributed by atoms with E-state index in [0.717, 1.165) is 22.1 Å². The van der Waals surface area contributed by atoms with Crippen LogP contribution in [0.25, 0.3) is 10.8 Å². The van der Waals surface area contributed by atoms with Crippen LogP contribution in [0, 0.1) is 0 Å². The summed E-state index contributed by atoms with van der Waals surface area (Å²) in [4.78, 5) is 0. The molecule has 2 aromatic rings. The van der Waals surface area contributed by atoms with Gasteiger partial charge >= 0.3 is 0 Å². The van der Waals surface area contributed by atoms with Gasteiger partial charge in [-0.25, -0.2) is 0 Å². The molecule has 4 N–H and O–H groups in total. The zero-order chi connectivity index (χ0) is 11.9. The maximum atomic E-state index is 6.07. The normalized spacial score (nSPS) is 11.9. The molecule has 0 radical (unpaired) electrons. The highest BCUT2D eigenvalue weighted by Crippen LogP contribution is 2.32. The first-order chi connectivity index (χ1) is 7.39. The molecule has 0 unspecified atom stereocenters. The molecule has 2 heteroatoms. The van der Waals surface area contributed by atoms with Crippen molar-refractivity contribution in [3.8, 4) is 0 Å². The fourth-order valence-electron chi connectivity index (χ4n) is 1.92. The summed E-state index contributed by atoms with van der Waals surface area (Å²) in [6, 6.07) is 10.1. The smallest absolute Gasteiger partial charge is 0.0417 e. The third kappa shape index (κ3) is 1.71. The lowest BCUT2D eigenvalue weighted by atomic mass is 9.85. The van der Waals surface area contributed by atoms with Gasteiger partial charge in [-0.2, -0.15) is 0 Å². The Morgan fingerprint density at radius 2 is 1.62 bits per heavy atom. The second-order valence-corrected chi connectivity index (χ2v) is 5.26. The van der Waals surface area contributed by atoms with Gasteiger partial charge in [0.15, 0.2) is 0 Å². The Bertz CT molecular complexity index is 536. The van der Waals surface area contributed by atoms with Crippen molar-refractivity contribution in [1.82, 2.24) is 0 Å². The summed E-state index contributed by atoms with van der Waals surface area (Å²) in [6.45, 7) is 6.54. The average molecular weight is 214 g/mol. The van der Waals surface area contributed by atoms with Gasteiger partial charge < -0.3 is 11.5 Å². The standard InChI is InChI=1S/C14H18N2/c1-14(2,3)10-7-9-5-4-6-11(15)13(9)12(16)8-10/h4-8H,15-16H2,1-3H3. The van der Waals surface area contributed by atoms with E-state index in [9.17, 15) is 0 Å². The Morgan fingerprint density at radius 3 is 2.25 bits per heavy atom. The largest absolute Gasteiger partial charge is 0.398 e. The molecule has 0 heterocycles. The lowest BCUT2D eigenvalue weighted by Gasteiger charge is -2.20. The number of benzene rings is 2. The molecule has 0 aliphatic heterocycles. The van der Waals surface area contributed by atoms with Crippen LogP contribution < -0.4 is 11.5 Å². The van der Waals surface area contributed by atoms with Crippen LogP contribution in [0.4, 0.5) is 11.4 Å². The Balaban J connectivity index is 2.79. The molecule has 0 aliphatic rings. The molecule has 0 fully saturated rings. The third-order valence-electron chi connectivity index (χ3n) is 2.91. The van der Waals surface area contributed by atoms with Crippen LogP contribution in [0.2, 0.25) is 0 Å². The average Bonchev–Trinajstić information content (AvgIpc) is 2.15. The van der Waals surface area contributed by atoms with Gasteiger partial charge in [0.05, 0.1) is 0 Å². The van der Waals surface area contributed by atoms with Gasteiger partial charge in [0.1, 0.15) is 0 Å². The Morgan fingerprint density at radius 1 is 0.938 bits per heavy atom. The predicted octanol–water partition coefficient (Wildman–Crippen LogP) is 3.30. The number of nitrogen functional groups attached to an aromatic ring is 2. The fraction of sp³-hybridized carbons (Fsp3) is 0.286. The minimum Gasteiger partial charge on any atom is -0.398 e. The van der Waals surface area contributed by atoms with Crippen LogP contribution in [0.15, 0.2) is 30.3 Å². The highest BCUT2D eigenvalue weighted by Gasteiger charge is 2.15. The first-order valence-corrected chi connectivity index (χ1v) is 5.48. The summed E-state index contributed by atoms with van der Waals surface area (Å²) >= 11 is 0. The lowest BCUT2D eigenvalue weighted by molar-refractivity contribution is 0.591. The Kier molecular flexibility index (Phi) is 2.30. The zero-order valence-corrected chi connectivity index (χ0v) is 10.0. The second-order valence-electron chi connectivity index (χ2n) is 5.26. The first kappa shape index (κ1) is 10.8. The van der Waals surface area contributed by atoms with Crippen molar-refractivity contribution in [2.24, 2.45) is 0 Å². The molecule has 0 spiro atoms. The molecule has 2 rings (SSSR count). The molecular formula is C14H18N2. The topological polar surface area (TPSA) is 52.0 Å². The molecule has 0 bridgehead atoms. The van der Waals surface area contributed by atoms with E-state index < -0.39 is 0 Å². The molecule has 0 amide bonds. The SMILES string of the molecule is CC(C)(C)c1cc(N)c2c(N)cccc2c1. The van der Waals surface area contributed by atoms with Crippen LogP contribution in [0.5, 0.6) is 0 Å². The fourth-order valence-corrected chi connectivity index (χ4v) is 1.92. The van der Waals surface area contributed by atoms with Crippen LogP contribution >= 0.6 is 0 Å². The third-order valence-corrected chi connectivity index (χ3v) is 2.91.